The van der Waals surface area contributed by atoms with Crippen LogP contribution in [0.2, 0.25) is 5.02 Å². The number of hydrazone groups is 1. The first kappa shape index (κ1) is 29.5. The molecular formula is C25H21ClF3N3O6S. The summed E-state index contributed by atoms with van der Waals surface area (Å²) in [4.78, 5) is 23.6. The molecule has 14 heteroatoms. The molecule has 3 aromatic carbocycles. The minimum Gasteiger partial charge on any atom is -0.482 e. The van der Waals surface area contributed by atoms with Crippen molar-refractivity contribution in [3.8, 4) is 5.75 Å². The molecule has 0 fully saturated rings. The minimum absolute atomic E-state index is 0.242. The van der Waals surface area contributed by atoms with E-state index in [1.54, 1.807) is 24.3 Å². The summed E-state index contributed by atoms with van der Waals surface area (Å²) in [6, 6.07) is 15.7. The average Bonchev–Trinajstić information content (AvgIpc) is 2.91. The topological polar surface area (TPSA) is 114 Å². The lowest BCUT2D eigenvalue weighted by molar-refractivity contribution is -0.143. The van der Waals surface area contributed by atoms with E-state index in [9.17, 15) is 31.2 Å². The Hall–Kier alpha value is -4.10. The maximum absolute atomic E-state index is 13.5. The molecule has 0 atom stereocenters. The zero-order chi connectivity index (χ0) is 28.6. The molecule has 0 heterocycles. The Balaban J connectivity index is 1.83. The number of alkyl halides is 3. The van der Waals surface area contributed by atoms with E-state index >= 15 is 0 Å². The van der Waals surface area contributed by atoms with Gasteiger partial charge in [-0.3, -0.25) is 9.10 Å². The van der Waals surface area contributed by atoms with Crippen LogP contribution in [0.5, 0.6) is 5.75 Å². The number of benzene rings is 3. The number of esters is 1. The number of methoxy groups -OCH3 is 1. The summed E-state index contributed by atoms with van der Waals surface area (Å²) in [5.74, 6) is -1.20. The number of nitrogens with one attached hydrogen (secondary N) is 1. The van der Waals surface area contributed by atoms with Gasteiger partial charge in [0.2, 0.25) is 0 Å². The van der Waals surface area contributed by atoms with E-state index in [2.05, 4.69) is 15.3 Å². The number of carbonyl (C=O) groups is 2. The summed E-state index contributed by atoms with van der Waals surface area (Å²) in [5.41, 5.74) is 0.921. The molecule has 0 spiro atoms. The van der Waals surface area contributed by atoms with Crippen LogP contribution in [0.15, 0.2) is 82.8 Å². The Morgan fingerprint density at radius 3 is 2.44 bits per heavy atom. The van der Waals surface area contributed by atoms with E-state index in [4.69, 9.17) is 16.3 Å². The summed E-state index contributed by atoms with van der Waals surface area (Å²) < 4.78 is 77.3. The van der Waals surface area contributed by atoms with Crippen LogP contribution in [0.3, 0.4) is 0 Å². The maximum atomic E-state index is 13.5. The fourth-order valence-electron chi connectivity index (χ4n) is 3.15. The Morgan fingerprint density at radius 2 is 1.77 bits per heavy atom. The lowest BCUT2D eigenvalue weighted by atomic mass is 10.2. The first-order chi connectivity index (χ1) is 18.4. The molecule has 9 nitrogen and oxygen atoms in total. The van der Waals surface area contributed by atoms with Crippen LogP contribution in [-0.4, -0.2) is 46.8 Å². The number of nitrogens with zero attached hydrogens (tertiary/aromatic N) is 2. The van der Waals surface area contributed by atoms with Gasteiger partial charge in [-0.05, 0) is 48.0 Å². The second-order valence-electron chi connectivity index (χ2n) is 7.72. The van der Waals surface area contributed by atoms with Gasteiger partial charge in [0.1, 0.15) is 12.3 Å². The van der Waals surface area contributed by atoms with Gasteiger partial charge < -0.3 is 9.47 Å². The van der Waals surface area contributed by atoms with Gasteiger partial charge in [-0.1, -0.05) is 41.9 Å². The highest BCUT2D eigenvalue weighted by Crippen LogP contribution is 2.38. The van der Waals surface area contributed by atoms with Crippen molar-refractivity contribution in [1.82, 2.24) is 5.43 Å². The van der Waals surface area contributed by atoms with Crippen molar-refractivity contribution in [3.05, 3.63) is 88.9 Å². The molecular weight excluding hydrogens is 563 g/mol. The number of anilines is 1. The molecule has 206 valence electrons. The number of hydrogen-bond donors (Lipinski definition) is 1. The van der Waals surface area contributed by atoms with Crippen molar-refractivity contribution in [2.75, 3.05) is 24.6 Å². The largest absolute Gasteiger partial charge is 0.482 e. The fourth-order valence-corrected chi connectivity index (χ4v) is 4.81. The second-order valence-corrected chi connectivity index (χ2v) is 9.99. The number of sulfonamides is 1. The summed E-state index contributed by atoms with van der Waals surface area (Å²) in [6.07, 6.45) is -3.64. The van der Waals surface area contributed by atoms with Gasteiger partial charge in [0, 0.05) is 0 Å². The SMILES string of the molecule is COC(=O)COc1cccc(/C=N/NC(=O)CN(c2ccc(Cl)c(C(F)(F)F)c2)S(=O)(=O)c2ccccc2)c1. The highest BCUT2D eigenvalue weighted by Gasteiger charge is 2.35. The van der Waals surface area contributed by atoms with Gasteiger partial charge in [-0.25, -0.2) is 18.6 Å². The molecule has 0 bridgehead atoms. The van der Waals surface area contributed by atoms with Crippen molar-refractivity contribution in [2.24, 2.45) is 5.10 Å². The molecule has 1 N–H and O–H groups in total. The summed E-state index contributed by atoms with van der Waals surface area (Å²) >= 11 is 5.68. The lowest BCUT2D eigenvalue weighted by Crippen LogP contribution is -2.39. The number of halogens is 4. The third-order valence-corrected chi connectivity index (χ3v) is 7.12. The molecule has 0 aliphatic heterocycles. The van der Waals surface area contributed by atoms with Crippen molar-refractivity contribution < 1.29 is 40.7 Å². The highest BCUT2D eigenvalue weighted by molar-refractivity contribution is 7.92. The van der Waals surface area contributed by atoms with Crippen LogP contribution in [0.1, 0.15) is 11.1 Å². The van der Waals surface area contributed by atoms with E-state index in [1.165, 1.54) is 43.7 Å². The molecule has 0 aliphatic carbocycles. The van der Waals surface area contributed by atoms with Crippen molar-refractivity contribution in [1.29, 1.82) is 0 Å². The zero-order valence-corrected chi connectivity index (χ0v) is 21.8. The van der Waals surface area contributed by atoms with E-state index in [1.807, 2.05) is 0 Å². The van der Waals surface area contributed by atoms with Gasteiger partial charge in [-0.2, -0.15) is 18.3 Å². The van der Waals surface area contributed by atoms with Gasteiger partial charge in [0.05, 0.1) is 34.5 Å². The van der Waals surface area contributed by atoms with Gasteiger partial charge in [0.25, 0.3) is 15.9 Å². The van der Waals surface area contributed by atoms with E-state index in [0.29, 0.717) is 21.7 Å². The number of carbonyl (C=O) groups excluding carboxylic acids is 2. The van der Waals surface area contributed by atoms with Crippen LogP contribution < -0.4 is 14.5 Å². The molecule has 3 rings (SSSR count). The second kappa shape index (κ2) is 12.6. The smallest absolute Gasteiger partial charge is 0.417 e. The van der Waals surface area contributed by atoms with Gasteiger partial charge in [0.15, 0.2) is 6.61 Å². The molecule has 39 heavy (non-hydrogen) atoms. The van der Waals surface area contributed by atoms with Gasteiger partial charge >= 0.3 is 12.1 Å². The Kier molecular flexibility index (Phi) is 9.54. The number of rotatable bonds is 10. The highest BCUT2D eigenvalue weighted by atomic mass is 35.5. The molecule has 0 unspecified atom stereocenters. The molecule has 1 amide bonds. The Morgan fingerprint density at radius 1 is 1.05 bits per heavy atom. The zero-order valence-electron chi connectivity index (χ0n) is 20.2. The van der Waals surface area contributed by atoms with Crippen LogP contribution in [-0.2, 0) is 30.5 Å². The number of ether oxygens (including phenoxy) is 2. The minimum atomic E-state index is -4.86. The maximum Gasteiger partial charge on any atom is 0.417 e. The van der Waals surface area contributed by atoms with E-state index in [0.717, 1.165) is 12.1 Å². The standard InChI is InChI=1S/C25H21ClF3N3O6S/c1-37-24(34)16-38-19-7-5-6-17(12-19)14-30-31-23(33)15-32(39(35,36)20-8-3-2-4-9-20)18-10-11-22(26)21(13-18)25(27,28)29/h2-14H,15-16H2,1H3,(H,31,33)/b30-14+. The number of hydrogen-bond acceptors (Lipinski definition) is 7. The van der Waals surface area contributed by atoms with Gasteiger partial charge in [-0.15, -0.1) is 0 Å². The average molecular weight is 584 g/mol. The van der Waals surface area contributed by atoms with Crippen molar-refractivity contribution in [2.45, 2.75) is 11.1 Å². The third-order valence-electron chi connectivity index (χ3n) is 5.01. The summed E-state index contributed by atoms with van der Waals surface area (Å²) in [6.45, 7) is -1.21. The fraction of sp³-hybridized carbons (Fsp3) is 0.160. The first-order valence-corrected chi connectivity index (χ1v) is 12.8. The Labute approximate surface area is 226 Å². The third kappa shape index (κ3) is 7.94. The normalized spacial score (nSPS) is 11.7. The first-order valence-electron chi connectivity index (χ1n) is 11.0. The van der Waals surface area contributed by atoms with Crippen molar-refractivity contribution >= 4 is 45.4 Å². The molecule has 3 aromatic rings. The lowest BCUT2D eigenvalue weighted by Gasteiger charge is -2.24. The molecule has 0 radical (unpaired) electrons. The quantitative estimate of drug-likeness (QED) is 0.217. The predicted molar refractivity (Wildman–Crippen MR) is 137 cm³/mol. The van der Waals surface area contributed by atoms with Crippen molar-refractivity contribution in [3.63, 3.8) is 0 Å². The summed E-state index contributed by atoms with van der Waals surface area (Å²) in [7, 11) is -3.25. The van der Waals surface area contributed by atoms with Crippen LogP contribution in [0.25, 0.3) is 0 Å². The number of amides is 1. The van der Waals surface area contributed by atoms with E-state index in [-0.39, 0.29) is 11.5 Å². The van der Waals surface area contributed by atoms with E-state index < -0.39 is 50.9 Å². The summed E-state index contributed by atoms with van der Waals surface area (Å²) in [5, 5.41) is 3.14. The predicted octanol–water partition coefficient (Wildman–Crippen LogP) is 4.26. The van der Waals surface area contributed by atoms with Crippen LogP contribution >= 0.6 is 11.6 Å². The van der Waals surface area contributed by atoms with Crippen LogP contribution in [0, 0.1) is 0 Å². The van der Waals surface area contributed by atoms with Crippen LogP contribution in [0.4, 0.5) is 18.9 Å². The monoisotopic (exact) mass is 583 g/mol. The molecule has 0 saturated heterocycles. The molecule has 0 aliphatic rings. The molecule has 0 aromatic heterocycles. The Bertz CT molecular complexity index is 1470. The molecule has 0 saturated carbocycles.